The van der Waals surface area contributed by atoms with E-state index in [2.05, 4.69) is 14.5 Å². The summed E-state index contributed by atoms with van der Waals surface area (Å²) in [6.07, 6.45) is 1.97. The Kier molecular flexibility index (Phi) is 16.6. The summed E-state index contributed by atoms with van der Waals surface area (Å²) >= 11 is 5.65. The smallest absolute Gasteiger partial charge is 0.265 e. The maximum atomic E-state index is 10.8. The lowest BCUT2D eigenvalue weighted by Gasteiger charge is -2.11. The van der Waals surface area contributed by atoms with E-state index in [-0.39, 0.29) is 0 Å². The number of halogens is 1. The van der Waals surface area contributed by atoms with Crippen LogP contribution in [-0.2, 0) is 19.1 Å². The maximum absolute atomic E-state index is 10.8. The van der Waals surface area contributed by atoms with Crippen molar-refractivity contribution in [3.05, 3.63) is 71.4 Å². The number of rotatable bonds is 8. The van der Waals surface area contributed by atoms with Crippen molar-refractivity contribution in [3.8, 4) is 22.8 Å². The van der Waals surface area contributed by atoms with Gasteiger partial charge >= 0.3 is 0 Å². The molecule has 0 bridgehead atoms. The fourth-order valence-electron chi connectivity index (χ4n) is 2.82. The van der Waals surface area contributed by atoms with Crippen LogP contribution in [0.5, 0.6) is 11.5 Å². The van der Waals surface area contributed by atoms with Gasteiger partial charge in [-0.05, 0) is 48.0 Å². The van der Waals surface area contributed by atoms with Gasteiger partial charge in [-0.15, -0.1) is 0 Å². The average Bonchev–Trinajstić information content (AvgIpc) is 2.93. The molecule has 2 aromatic carbocycles. The molecule has 3 aromatic rings. The first-order valence-corrected chi connectivity index (χ1v) is 13.9. The van der Waals surface area contributed by atoms with Crippen molar-refractivity contribution in [1.82, 2.24) is 4.98 Å². The molecule has 0 aliphatic heterocycles. The molecule has 0 saturated carbocycles. The van der Waals surface area contributed by atoms with Gasteiger partial charge in [-0.2, -0.15) is 8.42 Å². The molecule has 0 amide bonds. The molecule has 1 unspecified atom stereocenters. The summed E-state index contributed by atoms with van der Waals surface area (Å²) in [5, 5.41) is 3.63. The molecule has 37 heavy (non-hydrogen) atoms. The van der Waals surface area contributed by atoms with E-state index >= 15 is 0 Å². The number of nitrogens with zero attached hydrogens (tertiary/aromatic N) is 1. The highest BCUT2D eigenvalue weighted by molar-refractivity contribution is 7.86. The number of methoxy groups -OCH3 is 2. The number of hydrogen-bond acceptors (Lipinski definition) is 8. The van der Waals surface area contributed by atoms with Crippen molar-refractivity contribution in [3.63, 3.8) is 0 Å². The fourth-order valence-corrected chi connectivity index (χ4v) is 3.48. The predicted molar refractivity (Wildman–Crippen MR) is 151 cm³/mol. The Labute approximate surface area is 226 Å². The standard InChI is InChI=1S/C14H16N2O2.C9H9ClO4S.2C2H6/c1-15-11-5-4-8-16-14(11)10-6-7-12(17-2)13(9-10)18-3;1-15(12,13)14-9(6-11)7-2-4-8(10)5-3-7;2*1-2/h4-9,15H,1-3H3;2-6,9H,1H3;2*1-2H3. The molecule has 1 atom stereocenters. The molecule has 0 radical (unpaired) electrons. The Morgan fingerprint density at radius 1 is 0.946 bits per heavy atom. The minimum absolute atomic E-state index is 0.421. The van der Waals surface area contributed by atoms with E-state index in [9.17, 15) is 13.2 Å². The Balaban J connectivity index is 0.000000626. The van der Waals surface area contributed by atoms with E-state index in [1.807, 2.05) is 65.1 Å². The van der Waals surface area contributed by atoms with Crippen molar-refractivity contribution >= 4 is 33.7 Å². The van der Waals surface area contributed by atoms with E-state index in [1.54, 1.807) is 32.5 Å². The van der Waals surface area contributed by atoms with Crippen LogP contribution in [0.2, 0.25) is 5.02 Å². The Bertz CT molecular complexity index is 1170. The van der Waals surface area contributed by atoms with Crippen molar-refractivity contribution < 1.29 is 26.9 Å². The third kappa shape index (κ3) is 11.6. The zero-order valence-corrected chi connectivity index (χ0v) is 24.2. The number of aldehydes is 1. The fraction of sp³-hybridized carbons (Fsp3) is 0.333. The summed E-state index contributed by atoms with van der Waals surface area (Å²) in [6, 6.07) is 15.8. The number of carbonyl (C=O) groups is 1. The van der Waals surface area contributed by atoms with Crippen molar-refractivity contribution in [2.75, 3.05) is 32.8 Å². The minimum Gasteiger partial charge on any atom is -0.493 e. The molecule has 1 aromatic heterocycles. The van der Waals surface area contributed by atoms with Crippen LogP contribution in [0.1, 0.15) is 39.4 Å². The topological polar surface area (TPSA) is 104 Å². The predicted octanol–water partition coefficient (Wildman–Crippen LogP) is 6.42. The van der Waals surface area contributed by atoms with Crippen molar-refractivity contribution in [2.24, 2.45) is 0 Å². The second-order valence-electron chi connectivity index (χ2n) is 6.63. The van der Waals surface area contributed by atoms with Gasteiger partial charge in [-0.3, -0.25) is 9.17 Å². The van der Waals surface area contributed by atoms with Crippen LogP contribution in [0.3, 0.4) is 0 Å². The van der Waals surface area contributed by atoms with Gasteiger partial charge in [0.2, 0.25) is 0 Å². The van der Waals surface area contributed by atoms with Gasteiger partial charge in [0, 0.05) is 23.8 Å². The van der Waals surface area contributed by atoms with Gasteiger partial charge < -0.3 is 19.6 Å². The molecule has 10 heteroatoms. The van der Waals surface area contributed by atoms with Crippen LogP contribution >= 0.6 is 11.6 Å². The molecule has 0 aliphatic carbocycles. The number of anilines is 1. The number of carbonyl (C=O) groups excluding carboxylic acids is 1. The van der Waals surface area contributed by atoms with Gasteiger partial charge in [0.1, 0.15) is 0 Å². The average molecular weight is 553 g/mol. The van der Waals surface area contributed by atoms with E-state index in [0.717, 1.165) is 23.2 Å². The van der Waals surface area contributed by atoms with Gasteiger partial charge in [0.15, 0.2) is 23.9 Å². The number of aromatic nitrogens is 1. The van der Waals surface area contributed by atoms with Gasteiger partial charge in [0.25, 0.3) is 10.1 Å². The van der Waals surface area contributed by atoms with Crippen molar-refractivity contribution in [2.45, 2.75) is 33.8 Å². The third-order valence-electron chi connectivity index (χ3n) is 4.33. The molecule has 1 N–H and O–H groups in total. The minimum atomic E-state index is -3.66. The number of benzene rings is 2. The second kappa shape index (κ2) is 18.2. The van der Waals surface area contributed by atoms with Gasteiger partial charge in [-0.1, -0.05) is 51.4 Å². The van der Waals surface area contributed by atoms with Crippen LogP contribution in [0, 0.1) is 0 Å². The monoisotopic (exact) mass is 552 g/mol. The first kappa shape index (κ1) is 33.9. The van der Waals surface area contributed by atoms with E-state index in [1.165, 1.54) is 12.1 Å². The van der Waals surface area contributed by atoms with Crippen LogP contribution < -0.4 is 14.8 Å². The first-order chi connectivity index (χ1) is 17.7. The van der Waals surface area contributed by atoms with Gasteiger partial charge in [-0.25, -0.2) is 0 Å². The molecule has 0 fully saturated rings. The molecule has 0 aliphatic rings. The summed E-state index contributed by atoms with van der Waals surface area (Å²) in [5.41, 5.74) is 3.29. The maximum Gasteiger partial charge on any atom is 0.265 e. The van der Waals surface area contributed by atoms with Crippen molar-refractivity contribution in [1.29, 1.82) is 0 Å². The second-order valence-corrected chi connectivity index (χ2v) is 8.67. The summed E-state index contributed by atoms with van der Waals surface area (Å²) < 4.78 is 36.8. The zero-order chi connectivity index (χ0) is 28.4. The van der Waals surface area contributed by atoms with Crippen LogP contribution in [0.25, 0.3) is 11.3 Å². The molecule has 8 nitrogen and oxygen atoms in total. The number of hydrogen-bond donors (Lipinski definition) is 1. The summed E-state index contributed by atoms with van der Waals surface area (Å²) in [6.45, 7) is 8.00. The van der Waals surface area contributed by atoms with Gasteiger partial charge in [0.05, 0.1) is 31.9 Å². The molecular formula is C27H37ClN2O6S. The molecule has 1 heterocycles. The largest absolute Gasteiger partial charge is 0.493 e. The molecule has 0 saturated heterocycles. The van der Waals surface area contributed by atoms with E-state index < -0.39 is 16.2 Å². The molecule has 0 spiro atoms. The Morgan fingerprint density at radius 3 is 2.03 bits per heavy atom. The highest BCUT2D eigenvalue weighted by Crippen LogP contribution is 2.33. The van der Waals surface area contributed by atoms with Crippen LogP contribution in [0.15, 0.2) is 60.8 Å². The Morgan fingerprint density at radius 2 is 1.54 bits per heavy atom. The quantitative estimate of drug-likeness (QED) is 0.252. The first-order valence-electron chi connectivity index (χ1n) is 11.7. The normalized spacial score (nSPS) is 10.6. The summed E-state index contributed by atoms with van der Waals surface area (Å²) in [4.78, 5) is 15.0. The SMILES string of the molecule is CC.CC.CNc1cccnc1-c1ccc(OC)c(OC)c1.CS(=O)(=O)OC(C=O)c1ccc(Cl)cc1. The number of ether oxygens (including phenoxy) is 2. The highest BCUT2D eigenvalue weighted by atomic mass is 35.5. The molecule has 204 valence electrons. The summed E-state index contributed by atoms with van der Waals surface area (Å²) in [5.74, 6) is 1.41. The number of pyridine rings is 1. The van der Waals surface area contributed by atoms with Crippen LogP contribution in [0.4, 0.5) is 5.69 Å². The summed E-state index contributed by atoms with van der Waals surface area (Å²) in [7, 11) is 1.46. The highest BCUT2D eigenvalue weighted by Gasteiger charge is 2.16. The third-order valence-corrected chi connectivity index (χ3v) is 5.14. The van der Waals surface area contributed by atoms with E-state index in [0.29, 0.717) is 28.4 Å². The molecular weight excluding hydrogens is 516 g/mol. The lowest BCUT2D eigenvalue weighted by Crippen LogP contribution is -2.11. The van der Waals surface area contributed by atoms with Crippen LogP contribution in [-0.4, -0.2) is 47.2 Å². The lowest BCUT2D eigenvalue weighted by atomic mass is 10.1. The lowest BCUT2D eigenvalue weighted by molar-refractivity contribution is -0.113. The number of nitrogens with one attached hydrogen (secondary N) is 1. The Hall–Kier alpha value is -3.14. The zero-order valence-electron chi connectivity index (χ0n) is 22.6. The molecule has 3 rings (SSSR count). The van der Waals surface area contributed by atoms with E-state index in [4.69, 9.17) is 21.1 Å².